The topological polar surface area (TPSA) is 76.7 Å². The molecule has 3 N–H and O–H groups in total. The van der Waals surface area contributed by atoms with Gasteiger partial charge in [0.25, 0.3) is 0 Å². The molecule has 0 aliphatic carbocycles. The molecule has 20 heavy (non-hydrogen) atoms. The van der Waals surface area contributed by atoms with E-state index in [1.807, 2.05) is 31.2 Å². The van der Waals surface area contributed by atoms with E-state index in [-0.39, 0.29) is 6.04 Å². The van der Waals surface area contributed by atoms with Crippen molar-refractivity contribution in [1.82, 2.24) is 20.4 Å². The maximum atomic E-state index is 5.69. The highest BCUT2D eigenvalue weighted by Gasteiger charge is 2.14. The zero-order valence-electron chi connectivity index (χ0n) is 11.1. The number of hydrogen-bond acceptors (Lipinski definition) is 5. The molecule has 0 aliphatic rings. The molecule has 3 aromatic rings. The van der Waals surface area contributed by atoms with Gasteiger partial charge >= 0.3 is 0 Å². The lowest BCUT2D eigenvalue weighted by Gasteiger charge is -2.16. The Kier molecular flexibility index (Phi) is 3.37. The number of rotatable bonds is 3. The van der Waals surface area contributed by atoms with Crippen molar-refractivity contribution >= 4 is 10.9 Å². The van der Waals surface area contributed by atoms with Crippen molar-refractivity contribution in [2.24, 2.45) is 5.84 Å². The monoisotopic (exact) mass is 265 g/mol. The second-order valence-corrected chi connectivity index (χ2v) is 4.64. The molecule has 0 saturated carbocycles. The van der Waals surface area contributed by atoms with Gasteiger partial charge in [-0.25, -0.2) is 5.43 Å². The van der Waals surface area contributed by atoms with Gasteiger partial charge in [0.05, 0.1) is 29.1 Å². The third-order valence-corrected chi connectivity index (χ3v) is 3.22. The van der Waals surface area contributed by atoms with Gasteiger partial charge in [0.2, 0.25) is 0 Å². The molecule has 5 nitrogen and oxygen atoms in total. The highest BCUT2D eigenvalue weighted by molar-refractivity contribution is 5.79. The number of hydrazine groups is 1. The summed E-state index contributed by atoms with van der Waals surface area (Å²) in [7, 11) is 0. The van der Waals surface area contributed by atoms with Crippen LogP contribution in [0.1, 0.15) is 23.0 Å². The lowest BCUT2D eigenvalue weighted by molar-refractivity contribution is 0.617. The lowest BCUT2D eigenvalue weighted by Crippen LogP contribution is -2.29. The summed E-state index contributed by atoms with van der Waals surface area (Å²) in [5.74, 6) is 5.69. The summed E-state index contributed by atoms with van der Waals surface area (Å²) in [6.45, 7) is 1.91. The van der Waals surface area contributed by atoms with E-state index in [0.717, 1.165) is 27.9 Å². The lowest BCUT2D eigenvalue weighted by atomic mass is 10.0. The van der Waals surface area contributed by atoms with Gasteiger partial charge in [-0.15, -0.1) is 0 Å². The van der Waals surface area contributed by atoms with Gasteiger partial charge in [-0.1, -0.05) is 12.1 Å². The predicted molar refractivity (Wildman–Crippen MR) is 77.7 cm³/mol. The van der Waals surface area contributed by atoms with E-state index >= 15 is 0 Å². The molecule has 2 aromatic heterocycles. The Labute approximate surface area is 116 Å². The molecule has 0 bridgehead atoms. The van der Waals surface area contributed by atoms with Gasteiger partial charge in [0.15, 0.2) is 0 Å². The number of aromatic nitrogens is 3. The molecular formula is C15H15N5. The van der Waals surface area contributed by atoms with Crippen LogP contribution in [0.15, 0.2) is 48.9 Å². The zero-order valence-corrected chi connectivity index (χ0v) is 11.1. The van der Waals surface area contributed by atoms with E-state index in [2.05, 4.69) is 26.4 Å². The number of benzene rings is 1. The molecule has 3 rings (SSSR count). The molecule has 5 heteroatoms. The number of fused-ring (bicyclic) bond motifs is 1. The second-order valence-electron chi connectivity index (χ2n) is 4.64. The minimum absolute atomic E-state index is 0.187. The maximum Gasteiger partial charge on any atom is 0.0897 e. The summed E-state index contributed by atoms with van der Waals surface area (Å²) >= 11 is 0. The molecule has 0 amide bonds. The van der Waals surface area contributed by atoms with E-state index in [9.17, 15) is 0 Å². The van der Waals surface area contributed by atoms with Gasteiger partial charge in [-0.2, -0.15) is 0 Å². The summed E-state index contributed by atoms with van der Waals surface area (Å²) in [5, 5.41) is 1.07. The standard InChI is InChI=1S/C15H15N5/c1-10-8-19-14(9-18-10)15(20-16)12-4-5-13-11(7-12)3-2-6-17-13/h2-9,15,20H,16H2,1H3. The first-order valence-corrected chi connectivity index (χ1v) is 6.37. The molecule has 0 fully saturated rings. The van der Waals surface area contributed by atoms with Crippen LogP contribution in [0, 0.1) is 6.92 Å². The van der Waals surface area contributed by atoms with Gasteiger partial charge in [-0.05, 0) is 30.7 Å². The van der Waals surface area contributed by atoms with Crippen LogP contribution in [-0.2, 0) is 0 Å². The molecule has 1 atom stereocenters. The third-order valence-electron chi connectivity index (χ3n) is 3.22. The quantitative estimate of drug-likeness (QED) is 0.558. The number of nitrogens with one attached hydrogen (secondary N) is 1. The number of nitrogens with zero attached hydrogens (tertiary/aromatic N) is 3. The van der Waals surface area contributed by atoms with E-state index in [4.69, 9.17) is 5.84 Å². The Morgan fingerprint density at radius 3 is 2.75 bits per heavy atom. The minimum atomic E-state index is -0.187. The fourth-order valence-corrected chi connectivity index (χ4v) is 2.18. The minimum Gasteiger partial charge on any atom is -0.271 e. The van der Waals surface area contributed by atoms with Crippen LogP contribution in [0.25, 0.3) is 10.9 Å². The van der Waals surface area contributed by atoms with E-state index in [1.54, 1.807) is 18.6 Å². The fourth-order valence-electron chi connectivity index (χ4n) is 2.18. The van der Waals surface area contributed by atoms with E-state index in [0.29, 0.717) is 0 Å². The number of pyridine rings is 1. The third kappa shape index (κ3) is 2.36. The van der Waals surface area contributed by atoms with Crippen LogP contribution in [0.5, 0.6) is 0 Å². The highest BCUT2D eigenvalue weighted by atomic mass is 15.2. The van der Waals surface area contributed by atoms with Crippen LogP contribution in [-0.4, -0.2) is 15.0 Å². The normalized spacial score (nSPS) is 12.5. The Bertz CT molecular complexity index is 724. The molecule has 0 radical (unpaired) electrons. The molecule has 1 unspecified atom stereocenters. The Balaban J connectivity index is 2.04. The second kappa shape index (κ2) is 5.32. The summed E-state index contributed by atoms with van der Waals surface area (Å²) in [5.41, 5.74) is 6.46. The van der Waals surface area contributed by atoms with E-state index in [1.165, 1.54) is 0 Å². The van der Waals surface area contributed by atoms with Crippen LogP contribution < -0.4 is 11.3 Å². The summed E-state index contributed by atoms with van der Waals surface area (Å²) < 4.78 is 0. The SMILES string of the molecule is Cc1cnc(C(NN)c2ccc3ncccc3c2)cn1. The van der Waals surface area contributed by atoms with Crippen molar-refractivity contribution in [1.29, 1.82) is 0 Å². The highest BCUT2D eigenvalue weighted by Crippen LogP contribution is 2.22. The Morgan fingerprint density at radius 1 is 1.10 bits per heavy atom. The predicted octanol–water partition coefficient (Wildman–Crippen LogP) is 1.89. The smallest absolute Gasteiger partial charge is 0.0897 e. The average molecular weight is 265 g/mol. The summed E-state index contributed by atoms with van der Waals surface area (Å²) in [6.07, 6.45) is 5.27. The number of hydrogen-bond donors (Lipinski definition) is 2. The molecule has 0 aliphatic heterocycles. The molecule has 100 valence electrons. The Hall–Kier alpha value is -2.37. The Morgan fingerprint density at radius 2 is 2.00 bits per heavy atom. The molecule has 0 spiro atoms. The van der Waals surface area contributed by atoms with Crippen LogP contribution in [0.2, 0.25) is 0 Å². The number of nitrogens with two attached hydrogens (primary N) is 1. The van der Waals surface area contributed by atoms with Crippen molar-refractivity contribution < 1.29 is 0 Å². The first-order chi connectivity index (χ1) is 9.78. The largest absolute Gasteiger partial charge is 0.271 e. The van der Waals surface area contributed by atoms with Crippen molar-refractivity contribution in [3.8, 4) is 0 Å². The molecule has 0 saturated heterocycles. The first kappa shape index (κ1) is 12.7. The first-order valence-electron chi connectivity index (χ1n) is 6.37. The maximum absolute atomic E-state index is 5.69. The van der Waals surface area contributed by atoms with Gasteiger partial charge in [0, 0.05) is 17.8 Å². The van der Waals surface area contributed by atoms with Gasteiger partial charge < -0.3 is 0 Å². The van der Waals surface area contributed by atoms with Crippen LogP contribution in [0.3, 0.4) is 0 Å². The van der Waals surface area contributed by atoms with E-state index < -0.39 is 0 Å². The number of aryl methyl sites for hydroxylation is 1. The van der Waals surface area contributed by atoms with Gasteiger partial charge in [0.1, 0.15) is 0 Å². The molecular weight excluding hydrogens is 250 g/mol. The summed E-state index contributed by atoms with van der Waals surface area (Å²) in [6, 6.07) is 9.81. The molecule has 2 heterocycles. The van der Waals surface area contributed by atoms with Crippen molar-refractivity contribution in [3.05, 3.63) is 65.9 Å². The van der Waals surface area contributed by atoms with Gasteiger partial charge in [-0.3, -0.25) is 20.8 Å². The van der Waals surface area contributed by atoms with Crippen molar-refractivity contribution in [3.63, 3.8) is 0 Å². The average Bonchev–Trinajstić information content (AvgIpc) is 2.50. The van der Waals surface area contributed by atoms with Crippen molar-refractivity contribution in [2.75, 3.05) is 0 Å². The summed E-state index contributed by atoms with van der Waals surface area (Å²) in [4.78, 5) is 13.0. The molecule has 1 aromatic carbocycles. The van der Waals surface area contributed by atoms with Crippen molar-refractivity contribution in [2.45, 2.75) is 13.0 Å². The zero-order chi connectivity index (χ0) is 13.9. The van der Waals surface area contributed by atoms with Crippen LogP contribution in [0.4, 0.5) is 0 Å². The van der Waals surface area contributed by atoms with Crippen LogP contribution >= 0.6 is 0 Å². The fraction of sp³-hybridized carbons (Fsp3) is 0.133.